The Balaban J connectivity index is 2.60. The molecule has 0 saturated heterocycles. The maximum atomic E-state index is 10.7. The molecule has 16 heavy (non-hydrogen) atoms. The predicted molar refractivity (Wildman–Crippen MR) is 65.1 cm³/mol. The molecule has 0 bridgehead atoms. The van der Waals surface area contributed by atoms with Crippen LogP contribution in [0.3, 0.4) is 0 Å². The number of hydrogen-bond donors (Lipinski definition) is 0. The highest BCUT2D eigenvalue weighted by molar-refractivity contribution is 6.35. The van der Waals surface area contributed by atoms with Gasteiger partial charge in [0, 0.05) is 11.1 Å². The largest absolute Gasteiger partial charge is 0.298 e. The molecule has 0 aliphatic carbocycles. The van der Waals surface area contributed by atoms with Gasteiger partial charge in [0.1, 0.15) is 5.15 Å². The minimum absolute atomic E-state index is 0.394. The lowest BCUT2D eigenvalue weighted by Gasteiger charge is -2.05. The summed E-state index contributed by atoms with van der Waals surface area (Å²) in [5.74, 6) is 0. The Morgan fingerprint density at radius 1 is 1.06 bits per heavy atom. The van der Waals surface area contributed by atoms with Crippen LogP contribution in [0.25, 0.3) is 11.3 Å². The van der Waals surface area contributed by atoms with Gasteiger partial charge in [-0.2, -0.15) is 0 Å². The summed E-state index contributed by atoms with van der Waals surface area (Å²) in [6.07, 6.45) is 0.719. The van der Waals surface area contributed by atoms with Crippen LogP contribution in [0, 0.1) is 0 Å². The van der Waals surface area contributed by atoms with Crippen molar-refractivity contribution in [2.24, 2.45) is 0 Å². The summed E-state index contributed by atoms with van der Waals surface area (Å²) >= 11 is 11.9. The van der Waals surface area contributed by atoms with Crippen molar-refractivity contribution in [2.45, 2.75) is 0 Å². The quantitative estimate of drug-likeness (QED) is 0.599. The van der Waals surface area contributed by atoms with E-state index in [0.717, 1.165) is 6.29 Å². The van der Waals surface area contributed by atoms with Gasteiger partial charge in [0.25, 0.3) is 0 Å². The van der Waals surface area contributed by atoms with Gasteiger partial charge in [0.2, 0.25) is 0 Å². The third-order valence-corrected chi connectivity index (χ3v) is 2.78. The zero-order valence-electron chi connectivity index (χ0n) is 8.15. The van der Waals surface area contributed by atoms with E-state index in [2.05, 4.69) is 4.98 Å². The summed E-state index contributed by atoms with van der Waals surface area (Å²) in [4.78, 5) is 14.9. The standard InChI is InChI=1S/C12H7Cl2NO/c13-11-6-2-5-10(15-11)9-4-1-3-8(7-16)12(9)14/h1-7H. The number of carbonyl (C=O) groups is 1. The fraction of sp³-hybridized carbons (Fsp3) is 0. The molecule has 0 aliphatic rings. The van der Waals surface area contributed by atoms with Crippen LogP contribution in [0.15, 0.2) is 36.4 Å². The van der Waals surface area contributed by atoms with Crippen molar-refractivity contribution in [3.63, 3.8) is 0 Å². The van der Waals surface area contributed by atoms with Crippen LogP contribution in [-0.4, -0.2) is 11.3 Å². The van der Waals surface area contributed by atoms with Crippen molar-refractivity contribution in [2.75, 3.05) is 0 Å². The van der Waals surface area contributed by atoms with E-state index in [1.165, 1.54) is 0 Å². The molecule has 0 fully saturated rings. The molecule has 0 aliphatic heterocycles. The predicted octanol–water partition coefficient (Wildman–Crippen LogP) is 3.87. The van der Waals surface area contributed by atoms with Gasteiger partial charge in [0.15, 0.2) is 6.29 Å². The molecular formula is C12H7Cl2NO. The number of hydrogen-bond acceptors (Lipinski definition) is 2. The summed E-state index contributed by atoms with van der Waals surface area (Å²) in [6, 6.07) is 10.5. The molecule has 4 heteroatoms. The summed E-state index contributed by atoms with van der Waals surface area (Å²) in [5.41, 5.74) is 1.80. The van der Waals surface area contributed by atoms with E-state index in [4.69, 9.17) is 23.2 Å². The third kappa shape index (κ3) is 2.08. The molecular weight excluding hydrogens is 245 g/mol. The lowest BCUT2D eigenvalue weighted by Crippen LogP contribution is -1.88. The number of aromatic nitrogens is 1. The van der Waals surface area contributed by atoms with Gasteiger partial charge in [-0.25, -0.2) is 4.98 Å². The first kappa shape index (κ1) is 11.1. The topological polar surface area (TPSA) is 30.0 Å². The Labute approximate surface area is 103 Å². The second-order valence-electron chi connectivity index (χ2n) is 3.17. The van der Waals surface area contributed by atoms with Crippen molar-refractivity contribution in [3.05, 3.63) is 52.1 Å². The fourth-order valence-electron chi connectivity index (χ4n) is 1.40. The minimum Gasteiger partial charge on any atom is -0.298 e. The molecule has 0 N–H and O–H groups in total. The Morgan fingerprint density at radius 2 is 1.81 bits per heavy atom. The number of pyridine rings is 1. The van der Waals surface area contributed by atoms with Crippen LogP contribution in [0.4, 0.5) is 0 Å². The van der Waals surface area contributed by atoms with E-state index in [1.807, 2.05) is 0 Å². The second kappa shape index (κ2) is 4.64. The average Bonchev–Trinajstić information content (AvgIpc) is 2.29. The smallest absolute Gasteiger partial charge is 0.151 e. The molecule has 0 unspecified atom stereocenters. The zero-order chi connectivity index (χ0) is 11.5. The maximum absolute atomic E-state index is 10.7. The number of nitrogens with zero attached hydrogens (tertiary/aromatic N) is 1. The monoisotopic (exact) mass is 251 g/mol. The van der Waals surface area contributed by atoms with Crippen LogP contribution in [-0.2, 0) is 0 Å². The van der Waals surface area contributed by atoms with Crippen molar-refractivity contribution in [1.29, 1.82) is 0 Å². The number of rotatable bonds is 2. The van der Waals surface area contributed by atoms with E-state index in [9.17, 15) is 4.79 Å². The molecule has 80 valence electrons. The average molecular weight is 252 g/mol. The van der Waals surface area contributed by atoms with Gasteiger partial charge >= 0.3 is 0 Å². The molecule has 0 spiro atoms. The first-order chi connectivity index (χ1) is 7.72. The van der Waals surface area contributed by atoms with Gasteiger partial charge in [-0.1, -0.05) is 47.5 Å². The van der Waals surface area contributed by atoms with Crippen molar-refractivity contribution < 1.29 is 4.79 Å². The Bertz CT molecular complexity index is 540. The van der Waals surface area contributed by atoms with E-state index < -0.39 is 0 Å². The molecule has 1 aromatic heterocycles. The van der Waals surface area contributed by atoms with Crippen LogP contribution in [0.1, 0.15) is 10.4 Å². The van der Waals surface area contributed by atoms with E-state index in [-0.39, 0.29) is 0 Å². The van der Waals surface area contributed by atoms with E-state index in [0.29, 0.717) is 27.0 Å². The molecule has 2 nitrogen and oxygen atoms in total. The van der Waals surface area contributed by atoms with E-state index in [1.54, 1.807) is 36.4 Å². The number of carbonyl (C=O) groups excluding carboxylic acids is 1. The fourth-order valence-corrected chi connectivity index (χ4v) is 1.83. The molecule has 0 atom stereocenters. The van der Waals surface area contributed by atoms with Gasteiger partial charge in [-0.15, -0.1) is 0 Å². The Kier molecular flexibility index (Phi) is 3.22. The second-order valence-corrected chi connectivity index (χ2v) is 3.94. The lowest BCUT2D eigenvalue weighted by molar-refractivity contribution is 0.112. The number of aldehydes is 1. The summed E-state index contributed by atoms with van der Waals surface area (Å²) in [5, 5.41) is 0.789. The van der Waals surface area contributed by atoms with Crippen molar-refractivity contribution in [1.82, 2.24) is 4.98 Å². The summed E-state index contributed by atoms with van der Waals surface area (Å²) in [6.45, 7) is 0. The first-order valence-corrected chi connectivity index (χ1v) is 5.34. The van der Waals surface area contributed by atoms with Crippen molar-refractivity contribution >= 4 is 29.5 Å². The van der Waals surface area contributed by atoms with Gasteiger partial charge < -0.3 is 0 Å². The molecule has 0 saturated carbocycles. The zero-order valence-corrected chi connectivity index (χ0v) is 9.66. The third-order valence-electron chi connectivity index (χ3n) is 2.15. The highest BCUT2D eigenvalue weighted by Gasteiger charge is 2.08. The molecule has 1 aromatic carbocycles. The minimum atomic E-state index is 0.394. The van der Waals surface area contributed by atoms with Crippen LogP contribution >= 0.6 is 23.2 Å². The van der Waals surface area contributed by atoms with Gasteiger partial charge in [-0.05, 0) is 12.1 Å². The Hall–Kier alpha value is -1.38. The van der Waals surface area contributed by atoms with Gasteiger partial charge in [0.05, 0.1) is 10.7 Å². The first-order valence-electron chi connectivity index (χ1n) is 4.59. The van der Waals surface area contributed by atoms with E-state index >= 15 is 0 Å². The molecule has 2 rings (SSSR count). The normalized spacial score (nSPS) is 10.1. The maximum Gasteiger partial charge on any atom is 0.151 e. The van der Waals surface area contributed by atoms with Crippen LogP contribution in [0.2, 0.25) is 10.2 Å². The molecule has 2 aromatic rings. The van der Waals surface area contributed by atoms with Crippen LogP contribution in [0.5, 0.6) is 0 Å². The number of benzene rings is 1. The molecule has 0 radical (unpaired) electrons. The van der Waals surface area contributed by atoms with Crippen molar-refractivity contribution in [3.8, 4) is 11.3 Å². The van der Waals surface area contributed by atoms with Crippen LogP contribution < -0.4 is 0 Å². The summed E-state index contributed by atoms with van der Waals surface area (Å²) < 4.78 is 0. The lowest BCUT2D eigenvalue weighted by atomic mass is 10.1. The highest BCUT2D eigenvalue weighted by atomic mass is 35.5. The molecule has 0 amide bonds. The molecule has 1 heterocycles. The Morgan fingerprint density at radius 3 is 2.50 bits per heavy atom. The van der Waals surface area contributed by atoms with Gasteiger partial charge in [-0.3, -0.25) is 4.79 Å². The number of halogens is 2. The highest BCUT2D eigenvalue weighted by Crippen LogP contribution is 2.29. The summed E-state index contributed by atoms with van der Waals surface area (Å²) in [7, 11) is 0. The SMILES string of the molecule is O=Cc1cccc(-c2cccc(Cl)n2)c1Cl.